The van der Waals surface area contributed by atoms with E-state index in [2.05, 4.69) is 18.9 Å². The molecule has 0 radical (unpaired) electrons. The fourth-order valence-corrected chi connectivity index (χ4v) is 1.99. The molecule has 0 aromatic rings. The van der Waals surface area contributed by atoms with E-state index in [-0.39, 0.29) is 5.50 Å². The highest BCUT2D eigenvalue weighted by molar-refractivity contribution is 8.00. The molecule has 1 saturated heterocycles. The highest BCUT2D eigenvalue weighted by atomic mass is 32.2. The van der Waals surface area contributed by atoms with Gasteiger partial charge in [0.1, 0.15) is 5.50 Å². The molecule has 1 heterocycles. The minimum atomic E-state index is 0.241. The van der Waals surface area contributed by atoms with Crippen LogP contribution in [0.15, 0.2) is 0 Å². The summed E-state index contributed by atoms with van der Waals surface area (Å²) in [6, 6.07) is 0. The highest BCUT2D eigenvalue weighted by Crippen LogP contribution is 2.24. The van der Waals surface area contributed by atoms with Gasteiger partial charge in [-0.3, -0.25) is 4.90 Å². The quantitative estimate of drug-likeness (QED) is 0.514. The van der Waals surface area contributed by atoms with Crippen molar-refractivity contribution in [3.8, 4) is 0 Å². The Labute approximate surface area is 54.4 Å². The summed E-state index contributed by atoms with van der Waals surface area (Å²) >= 11 is 1.83. The van der Waals surface area contributed by atoms with Gasteiger partial charge >= 0.3 is 0 Å². The fourth-order valence-electron chi connectivity index (χ4n) is 0.894. The molecule has 2 atom stereocenters. The van der Waals surface area contributed by atoms with E-state index in [9.17, 15) is 0 Å². The zero-order valence-electron chi connectivity index (χ0n) is 5.29. The number of nitrogens with zero attached hydrogens (tertiary/aromatic N) is 1. The molecule has 0 bridgehead atoms. The van der Waals surface area contributed by atoms with Crippen LogP contribution >= 0.6 is 11.8 Å². The second-order valence-electron chi connectivity index (χ2n) is 2.28. The Bertz CT molecular complexity index is 76.5. The lowest BCUT2D eigenvalue weighted by molar-refractivity contribution is 0.347. The minimum Gasteiger partial charge on any atom is -0.307 e. The van der Waals surface area contributed by atoms with Gasteiger partial charge in [-0.2, -0.15) is 0 Å². The standard InChI is InChI=1S/C5H12N2S/c1-4-3-7(2)5(6)8-4/h4-5H,3,6H2,1-2H3. The molecule has 48 valence electrons. The molecule has 0 aromatic heterocycles. The van der Waals surface area contributed by atoms with Crippen molar-refractivity contribution in [3.63, 3.8) is 0 Å². The maximum absolute atomic E-state index is 5.66. The van der Waals surface area contributed by atoms with Gasteiger partial charge in [0.05, 0.1) is 0 Å². The Hall–Kier alpha value is 0.270. The molecule has 0 saturated carbocycles. The molecule has 1 rings (SSSR count). The van der Waals surface area contributed by atoms with Crippen molar-refractivity contribution in [2.75, 3.05) is 13.6 Å². The third kappa shape index (κ3) is 1.16. The van der Waals surface area contributed by atoms with E-state index < -0.39 is 0 Å². The summed E-state index contributed by atoms with van der Waals surface area (Å²) < 4.78 is 0. The van der Waals surface area contributed by atoms with Crippen LogP contribution in [0.4, 0.5) is 0 Å². The summed E-state index contributed by atoms with van der Waals surface area (Å²) in [7, 11) is 2.06. The van der Waals surface area contributed by atoms with Gasteiger partial charge in [-0.05, 0) is 7.05 Å². The molecule has 0 amide bonds. The molecule has 2 unspecified atom stereocenters. The summed E-state index contributed by atoms with van der Waals surface area (Å²) in [5.74, 6) is 0. The third-order valence-electron chi connectivity index (χ3n) is 1.35. The first-order chi connectivity index (χ1) is 3.70. The molecule has 8 heavy (non-hydrogen) atoms. The van der Waals surface area contributed by atoms with Crippen molar-refractivity contribution in [1.29, 1.82) is 0 Å². The molecular formula is C5H12N2S. The van der Waals surface area contributed by atoms with E-state index in [1.807, 2.05) is 11.8 Å². The van der Waals surface area contributed by atoms with Crippen LogP contribution in [0.25, 0.3) is 0 Å². The molecule has 0 aromatic carbocycles. The Morgan fingerprint density at radius 2 is 2.38 bits per heavy atom. The summed E-state index contributed by atoms with van der Waals surface area (Å²) in [6.45, 7) is 3.33. The van der Waals surface area contributed by atoms with E-state index in [1.165, 1.54) is 0 Å². The van der Waals surface area contributed by atoms with E-state index in [0.717, 1.165) is 11.8 Å². The van der Waals surface area contributed by atoms with Crippen molar-refractivity contribution in [3.05, 3.63) is 0 Å². The number of hydrogen-bond acceptors (Lipinski definition) is 3. The Morgan fingerprint density at radius 3 is 2.50 bits per heavy atom. The zero-order chi connectivity index (χ0) is 6.15. The monoisotopic (exact) mass is 132 g/mol. The van der Waals surface area contributed by atoms with Gasteiger partial charge < -0.3 is 5.73 Å². The second-order valence-corrected chi connectivity index (χ2v) is 3.84. The SMILES string of the molecule is CC1CN(C)C(N)S1. The molecule has 1 fully saturated rings. The van der Waals surface area contributed by atoms with Crippen LogP contribution in [0, 0.1) is 0 Å². The molecule has 1 aliphatic heterocycles. The second kappa shape index (κ2) is 2.25. The molecule has 3 heteroatoms. The first-order valence-electron chi connectivity index (χ1n) is 2.81. The molecule has 0 spiro atoms. The number of hydrogen-bond donors (Lipinski definition) is 1. The van der Waals surface area contributed by atoms with Crippen LogP contribution < -0.4 is 5.73 Å². The first-order valence-corrected chi connectivity index (χ1v) is 3.75. The number of thioether (sulfide) groups is 1. The van der Waals surface area contributed by atoms with Gasteiger partial charge in [-0.25, -0.2) is 0 Å². The van der Waals surface area contributed by atoms with Gasteiger partial charge in [0.2, 0.25) is 0 Å². The topological polar surface area (TPSA) is 29.3 Å². The van der Waals surface area contributed by atoms with Crippen molar-refractivity contribution < 1.29 is 0 Å². The maximum Gasteiger partial charge on any atom is 0.106 e. The number of nitrogens with two attached hydrogens (primary N) is 1. The van der Waals surface area contributed by atoms with Crippen molar-refractivity contribution >= 4 is 11.8 Å². The molecule has 2 nitrogen and oxygen atoms in total. The molecule has 1 aliphatic rings. The smallest absolute Gasteiger partial charge is 0.106 e. The number of rotatable bonds is 0. The predicted molar refractivity (Wildman–Crippen MR) is 37.7 cm³/mol. The Kier molecular flexibility index (Phi) is 1.80. The van der Waals surface area contributed by atoms with Gasteiger partial charge in [-0.15, -0.1) is 11.8 Å². The van der Waals surface area contributed by atoms with Crippen LogP contribution in [0.5, 0.6) is 0 Å². The van der Waals surface area contributed by atoms with Gasteiger partial charge in [0, 0.05) is 11.8 Å². The van der Waals surface area contributed by atoms with E-state index in [4.69, 9.17) is 5.73 Å². The van der Waals surface area contributed by atoms with Crippen LogP contribution in [0.1, 0.15) is 6.92 Å². The van der Waals surface area contributed by atoms with Gasteiger partial charge in [-0.1, -0.05) is 6.92 Å². The van der Waals surface area contributed by atoms with Gasteiger partial charge in [0.15, 0.2) is 0 Å². The summed E-state index contributed by atoms with van der Waals surface area (Å²) in [5.41, 5.74) is 5.90. The summed E-state index contributed by atoms with van der Waals surface area (Å²) in [4.78, 5) is 2.16. The average molecular weight is 132 g/mol. The lowest BCUT2D eigenvalue weighted by Crippen LogP contribution is -2.31. The minimum absolute atomic E-state index is 0.241. The van der Waals surface area contributed by atoms with Crippen molar-refractivity contribution in [2.45, 2.75) is 17.7 Å². The molecular weight excluding hydrogens is 120 g/mol. The first kappa shape index (κ1) is 6.39. The van der Waals surface area contributed by atoms with E-state index in [0.29, 0.717) is 0 Å². The van der Waals surface area contributed by atoms with E-state index >= 15 is 0 Å². The van der Waals surface area contributed by atoms with Gasteiger partial charge in [0.25, 0.3) is 0 Å². The van der Waals surface area contributed by atoms with Crippen LogP contribution in [-0.2, 0) is 0 Å². The molecule has 0 aliphatic carbocycles. The van der Waals surface area contributed by atoms with Crippen LogP contribution in [0.2, 0.25) is 0 Å². The van der Waals surface area contributed by atoms with Crippen molar-refractivity contribution in [2.24, 2.45) is 5.73 Å². The average Bonchev–Trinajstić information content (AvgIpc) is 1.85. The van der Waals surface area contributed by atoms with Crippen LogP contribution in [-0.4, -0.2) is 29.2 Å². The van der Waals surface area contributed by atoms with Crippen LogP contribution in [0.3, 0.4) is 0 Å². The third-order valence-corrected chi connectivity index (χ3v) is 2.60. The highest BCUT2D eigenvalue weighted by Gasteiger charge is 2.22. The normalized spacial score (nSPS) is 40.9. The Balaban J connectivity index is 2.39. The lowest BCUT2D eigenvalue weighted by Gasteiger charge is -2.10. The molecule has 2 N–H and O–H groups in total. The predicted octanol–water partition coefficient (Wildman–Crippen LogP) is 0.296. The van der Waals surface area contributed by atoms with Crippen molar-refractivity contribution in [1.82, 2.24) is 4.90 Å². The largest absolute Gasteiger partial charge is 0.307 e. The van der Waals surface area contributed by atoms with E-state index in [1.54, 1.807) is 0 Å². The summed E-state index contributed by atoms with van der Waals surface area (Å²) in [5, 5.41) is 0.718. The Morgan fingerprint density at radius 1 is 1.75 bits per heavy atom. The summed E-state index contributed by atoms with van der Waals surface area (Å²) in [6.07, 6.45) is 0. The zero-order valence-corrected chi connectivity index (χ0v) is 6.11. The fraction of sp³-hybridized carbons (Fsp3) is 1.00. The maximum atomic E-state index is 5.66. The lowest BCUT2D eigenvalue weighted by atomic mass is 10.4.